The Kier molecular flexibility index (Phi) is 6.65. The molecule has 0 amide bonds. The summed E-state index contributed by atoms with van der Waals surface area (Å²) in [6.45, 7) is 1.41. The first-order valence-corrected chi connectivity index (χ1v) is 10.8. The lowest BCUT2D eigenvalue weighted by molar-refractivity contribution is 0.0596. The third-order valence-corrected chi connectivity index (χ3v) is 5.90. The number of esters is 1. The van der Waals surface area contributed by atoms with Gasteiger partial charge in [0, 0.05) is 24.6 Å². The van der Waals surface area contributed by atoms with E-state index in [1.54, 1.807) is 20.3 Å². The number of hydrogen-bond acceptors (Lipinski definition) is 9. The Hall–Kier alpha value is -3.46. The molecule has 32 heavy (non-hydrogen) atoms. The molecule has 2 heterocycles. The molecule has 0 aliphatic carbocycles. The van der Waals surface area contributed by atoms with Crippen molar-refractivity contribution in [2.75, 3.05) is 33.3 Å². The van der Waals surface area contributed by atoms with Crippen LogP contribution in [0.1, 0.15) is 27.0 Å². The van der Waals surface area contributed by atoms with Crippen LogP contribution in [-0.4, -0.2) is 38.3 Å². The molecule has 4 rings (SSSR count). The normalized spacial score (nSPS) is 12.0. The quantitative estimate of drug-likeness (QED) is 0.482. The van der Waals surface area contributed by atoms with Gasteiger partial charge in [-0.1, -0.05) is 6.07 Å². The van der Waals surface area contributed by atoms with Crippen molar-refractivity contribution in [3.05, 3.63) is 58.7 Å². The van der Waals surface area contributed by atoms with Crippen LogP contribution in [0, 0.1) is 0 Å². The summed E-state index contributed by atoms with van der Waals surface area (Å²) >= 11 is 1.14. The predicted molar refractivity (Wildman–Crippen MR) is 120 cm³/mol. The van der Waals surface area contributed by atoms with Gasteiger partial charge in [0.25, 0.3) is 0 Å². The SMILES string of the molecule is COC(=O)c1c(OCc2ccc3c(c2)CCO3)nsc1NCc1ccc(OC)cc1OC. The molecule has 9 heteroatoms. The number of nitrogens with one attached hydrogen (secondary N) is 1. The average Bonchev–Trinajstić information content (AvgIpc) is 3.47. The van der Waals surface area contributed by atoms with E-state index >= 15 is 0 Å². The Balaban J connectivity index is 1.49. The van der Waals surface area contributed by atoms with Crippen molar-refractivity contribution in [2.45, 2.75) is 19.6 Å². The van der Waals surface area contributed by atoms with Gasteiger partial charge < -0.3 is 29.0 Å². The molecule has 0 fully saturated rings. The molecule has 0 bridgehead atoms. The maximum absolute atomic E-state index is 12.5. The topological polar surface area (TPSA) is 88.1 Å². The fourth-order valence-corrected chi connectivity index (χ4v) is 4.15. The minimum Gasteiger partial charge on any atom is -0.497 e. The van der Waals surface area contributed by atoms with Crippen LogP contribution in [0.15, 0.2) is 36.4 Å². The molecule has 0 radical (unpaired) electrons. The molecule has 0 atom stereocenters. The summed E-state index contributed by atoms with van der Waals surface area (Å²) in [7, 11) is 4.53. The molecule has 0 spiro atoms. The molecular formula is C23H24N2O6S. The van der Waals surface area contributed by atoms with Crippen LogP contribution in [0.5, 0.6) is 23.1 Å². The van der Waals surface area contributed by atoms with E-state index in [9.17, 15) is 4.79 Å². The number of benzene rings is 2. The van der Waals surface area contributed by atoms with E-state index in [0.717, 1.165) is 40.4 Å². The Morgan fingerprint density at radius 3 is 2.81 bits per heavy atom. The van der Waals surface area contributed by atoms with E-state index in [4.69, 9.17) is 23.7 Å². The summed E-state index contributed by atoms with van der Waals surface area (Å²) in [5.41, 5.74) is 3.32. The maximum atomic E-state index is 12.5. The first kappa shape index (κ1) is 21.8. The predicted octanol–water partition coefficient (Wildman–Crippen LogP) is 4.07. The van der Waals surface area contributed by atoms with Gasteiger partial charge >= 0.3 is 5.97 Å². The molecule has 1 aliphatic heterocycles. The van der Waals surface area contributed by atoms with Crippen molar-refractivity contribution >= 4 is 22.5 Å². The van der Waals surface area contributed by atoms with Crippen LogP contribution in [0.25, 0.3) is 0 Å². The number of hydrogen-bond donors (Lipinski definition) is 1. The van der Waals surface area contributed by atoms with Crippen LogP contribution in [0.4, 0.5) is 5.00 Å². The van der Waals surface area contributed by atoms with Crippen molar-refractivity contribution in [3.8, 4) is 23.1 Å². The molecule has 8 nitrogen and oxygen atoms in total. The number of rotatable bonds is 9. The molecule has 0 unspecified atom stereocenters. The molecule has 1 N–H and O–H groups in total. The number of carbonyl (C=O) groups excluding carboxylic acids is 1. The van der Waals surface area contributed by atoms with Gasteiger partial charge in [0.05, 0.1) is 27.9 Å². The van der Waals surface area contributed by atoms with Crippen LogP contribution in [-0.2, 0) is 24.3 Å². The second-order valence-electron chi connectivity index (χ2n) is 7.04. The van der Waals surface area contributed by atoms with Crippen molar-refractivity contribution in [1.82, 2.24) is 4.37 Å². The highest BCUT2D eigenvalue weighted by Crippen LogP contribution is 2.34. The zero-order valence-corrected chi connectivity index (χ0v) is 18.9. The second-order valence-corrected chi connectivity index (χ2v) is 7.82. The highest BCUT2D eigenvalue weighted by atomic mass is 32.1. The Morgan fingerprint density at radius 2 is 2.03 bits per heavy atom. The van der Waals surface area contributed by atoms with Gasteiger partial charge in [-0.2, -0.15) is 4.37 Å². The van der Waals surface area contributed by atoms with Crippen molar-refractivity contribution in [2.24, 2.45) is 0 Å². The highest BCUT2D eigenvalue weighted by molar-refractivity contribution is 7.10. The first-order valence-electron chi connectivity index (χ1n) is 10.0. The van der Waals surface area contributed by atoms with Gasteiger partial charge in [0.2, 0.25) is 5.88 Å². The van der Waals surface area contributed by atoms with E-state index < -0.39 is 5.97 Å². The monoisotopic (exact) mass is 456 g/mol. The molecule has 0 saturated heterocycles. The zero-order chi connectivity index (χ0) is 22.5. The summed E-state index contributed by atoms with van der Waals surface area (Å²) in [5, 5.41) is 3.81. The Morgan fingerprint density at radius 1 is 1.16 bits per heavy atom. The van der Waals surface area contributed by atoms with Crippen molar-refractivity contribution < 1.29 is 28.5 Å². The molecule has 2 aromatic carbocycles. The minimum atomic E-state index is -0.514. The average molecular weight is 457 g/mol. The van der Waals surface area contributed by atoms with Gasteiger partial charge in [-0.15, -0.1) is 0 Å². The van der Waals surface area contributed by atoms with Crippen LogP contribution in [0.2, 0.25) is 0 Å². The van der Waals surface area contributed by atoms with Gasteiger partial charge in [-0.3, -0.25) is 0 Å². The summed E-state index contributed by atoms with van der Waals surface area (Å²) in [6.07, 6.45) is 0.885. The van der Waals surface area contributed by atoms with Crippen LogP contribution in [0.3, 0.4) is 0 Å². The standard InChI is InChI=1S/C23H24N2O6S/c1-27-17-6-5-16(19(11-17)28-2)12-24-22-20(23(26)29-3)21(25-32-22)31-13-14-4-7-18-15(10-14)8-9-30-18/h4-7,10-11,24H,8-9,12-13H2,1-3H3. The number of fused-ring (bicyclic) bond motifs is 1. The number of anilines is 1. The fourth-order valence-electron chi connectivity index (χ4n) is 3.43. The summed E-state index contributed by atoms with van der Waals surface area (Å²) in [5.74, 6) is 2.02. The summed E-state index contributed by atoms with van der Waals surface area (Å²) < 4.78 is 31.4. The lowest BCUT2D eigenvalue weighted by Crippen LogP contribution is -2.09. The lowest BCUT2D eigenvalue weighted by Gasteiger charge is -2.12. The lowest BCUT2D eigenvalue weighted by atomic mass is 10.1. The van der Waals surface area contributed by atoms with Crippen LogP contribution >= 0.6 is 11.5 Å². The largest absolute Gasteiger partial charge is 0.497 e. The number of aromatic nitrogens is 1. The van der Waals surface area contributed by atoms with E-state index in [2.05, 4.69) is 15.8 Å². The van der Waals surface area contributed by atoms with Crippen LogP contribution < -0.4 is 24.3 Å². The van der Waals surface area contributed by atoms with E-state index in [1.165, 1.54) is 7.11 Å². The zero-order valence-electron chi connectivity index (χ0n) is 18.1. The first-order chi connectivity index (χ1) is 15.6. The minimum absolute atomic E-state index is 0.239. The Bertz CT molecular complexity index is 1110. The second kappa shape index (κ2) is 9.78. The summed E-state index contributed by atoms with van der Waals surface area (Å²) in [6, 6.07) is 11.5. The number of nitrogens with zero attached hydrogens (tertiary/aromatic N) is 1. The third kappa shape index (κ3) is 4.57. The Labute approximate surface area is 190 Å². The molecule has 1 aliphatic rings. The molecule has 3 aromatic rings. The van der Waals surface area contributed by atoms with E-state index in [1.807, 2.05) is 24.3 Å². The molecule has 1 aromatic heterocycles. The van der Waals surface area contributed by atoms with Crippen molar-refractivity contribution in [1.29, 1.82) is 0 Å². The smallest absolute Gasteiger partial charge is 0.346 e. The highest BCUT2D eigenvalue weighted by Gasteiger charge is 2.24. The van der Waals surface area contributed by atoms with Gasteiger partial charge in [-0.05, 0) is 46.9 Å². The van der Waals surface area contributed by atoms with E-state index in [-0.39, 0.29) is 18.1 Å². The van der Waals surface area contributed by atoms with Gasteiger partial charge in [0.1, 0.15) is 28.9 Å². The van der Waals surface area contributed by atoms with Gasteiger partial charge in [0.15, 0.2) is 5.56 Å². The molecule has 0 saturated carbocycles. The number of ether oxygens (including phenoxy) is 5. The molecule has 168 valence electrons. The number of methoxy groups -OCH3 is 3. The summed E-state index contributed by atoms with van der Waals surface area (Å²) in [4.78, 5) is 12.5. The third-order valence-electron chi connectivity index (χ3n) is 5.11. The fraction of sp³-hybridized carbons (Fsp3) is 0.304. The van der Waals surface area contributed by atoms with Crippen molar-refractivity contribution in [3.63, 3.8) is 0 Å². The van der Waals surface area contributed by atoms with E-state index in [0.29, 0.717) is 29.7 Å². The maximum Gasteiger partial charge on any atom is 0.346 e. The molecular weight excluding hydrogens is 432 g/mol. The number of carbonyl (C=O) groups is 1. The van der Waals surface area contributed by atoms with Gasteiger partial charge in [-0.25, -0.2) is 4.79 Å².